The van der Waals surface area contributed by atoms with Crippen molar-refractivity contribution in [3.05, 3.63) is 0 Å². The Bertz CT molecular complexity index is 233. The van der Waals surface area contributed by atoms with Crippen LogP contribution in [0.4, 0.5) is 0 Å². The van der Waals surface area contributed by atoms with Crippen molar-refractivity contribution >= 4 is 6.47 Å². The molecule has 3 nitrogen and oxygen atoms in total. The summed E-state index contributed by atoms with van der Waals surface area (Å²) < 4.78 is 4.94. The van der Waals surface area contributed by atoms with Gasteiger partial charge in [-0.1, -0.05) is 0 Å². The van der Waals surface area contributed by atoms with Crippen molar-refractivity contribution in [2.45, 2.75) is 25.4 Å². The fourth-order valence-corrected chi connectivity index (χ4v) is 2.66. The molecular weight excluding hydrogens is 154 g/mol. The summed E-state index contributed by atoms with van der Waals surface area (Å²) in [6.07, 6.45) is 3.10. The third-order valence-electron chi connectivity index (χ3n) is 3.15. The Morgan fingerprint density at radius 3 is 2.83 bits per heavy atom. The Balaban J connectivity index is 2.05. The standard InChI is InChI=1S/C9H11NO2/c10-4-7-1-6-2-8(7)9(3-6)12-5-11/h5-9H,1-3H2. The van der Waals surface area contributed by atoms with Gasteiger partial charge in [0.05, 0.1) is 12.0 Å². The molecule has 0 aromatic rings. The maximum absolute atomic E-state index is 10.1. The van der Waals surface area contributed by atoms with E-state index in [1.807, 2.05) is 0 Å². The van der Waals surface area contributed by atoms with Crippen LogP contribution in [0.5, 0.6) is 0 Å². The molecule has 4 unspecified atom stereocenters. The van der Waals surface area contributed by atoms with Gasteiger partial charge in [0.15, 0.2) is 0 Å². The van der Waals surface area contributed by atoms with Crippen molar-refractivity contribution in [2.75, 3.05) is 0 Å². The summed E-state index contributed by atoms with van der Waals surface area (Å²) in [7, 11) is 0. The first-order valence-corrected chi connectivity index (χ1v) is 4.34. The smallest absolute Gasteiger partial charge is 0.293 e. The number of hydrogen-bond donors (Lipinski definition) is 0. The Hall–Kier alpha value is -1.04. The monoisotopic (exact) mass is 165 g/mol. The van der Waals surface area contributed by atoms with E-state index in [1.54, 1.807) is 0 Å². The third kappa shape index (κ3) is 0.989. The first-order chi connectivity index (χ1) is 5.85. The number of carbonyl (C=O) groups is 1. The van der Waals surface area contributed by atoms with Crippen LogP contribution in [0.1, 0.15) is 19.3 Å². The fourth-order valence-electron chi connectivity index (χ4n) is 2.66. The lowest BCUT2D eigenvalue weighted by Crippen LogP contribution is -2.26. The number of rotatable bonds is 2. The van der Waals surface area contributed by atoms with E-state index >= 15 is 0 Å². The average molecular weight is 165 g/mol. The number of hydrogen-bond acceptors (Lipinski definition) is 3. The summed E-state index contributed by atoms with van der Waals surface area (Å²) in [5.74, 6) is 1.09. The van der Waals surface area contributed by atoms with E-state index in [9.17, 15) is 4.79 Å². The van der Waals surface area contributed by atoms with Crippen molar-refractivity contribution in [1.29, 1.82) is 5.26 Å². The molecule has 0 saturated heterocycles. The molecule has 4 atom stereocenters. The molecule has 2 bridgehead atoms. The molecule has 0 heterocycles. The maximum atomic E-state index is 10.1. The number of carbonyl (C=O) groups excluding carboxylic acids is 1. The van der Waals surface area contributed by atoms with Gasteiger partial charge in [-0.3, -0.25) is 4.79 Å². The van der Waals surface area contributed by atoms with Gasteiger partial charge in [0.2, 0.25) is 0 Å². The molecule has 2 fully saturated rings. The van der Waals surface area contributed by atoms with Crippen LogP contribution in [0.15, 0.2) is 0 Å². The van der Waals surface area contributed by atoms with Crippen molar-refractivity contribution in [3.8, 4) is 6.07 Å². The zero-order valence-corrected chi connectivity index (χ0v) is 6.77. The van der Waals surface area contributed by atoms with Crippen LogP contribution < -0.4 is 0 Å². The number of nitriles is 1. The van der Waals surface area contributed by atoms with Crippen LogP contribution >= 0.6 is 0 Å². The van der Waals surface area contributed by atoms with E-state index in [0.717, 1.165) is 19.3 Å². The van der Waals surface area contributed by atoms with Crippen LogP contribution in [0.25, 0.3) is 0 Å². The molecule has 2 aliphatic rings. The predicted octanol–water partition coefficient (Wildman–Crippen LogP) is 1.10. The molecule has 0 aliphatic heterocycles. The molecule has 3 heteroatoms. The molecule has 0 aromatic carbocycles. The second kappa shape index (κ2) is 2.78. The molecule has 2 saturated carbocycles. The second-order valence-corrected chi connectivity index (χ2v) is 3.74. The van der Waals surface area contributed by atoms with Gasteiger partial charge in [-0.2, -0.15) is 5.26 Å². The lowest BCUT2D eigenvalue weighted by atomic mass is 9.88. The van der Waals surface area contributed by atoms with E-state index in [4.69, 9.17) is 10.00 Å². The summed E-state index contributed by atoms with van der Waals surface area (Å²) >= 11 is 0. The zero-order valence-electron chi connectivity index (χ0n) is 6.77. The minimum Gasteiger partial charge on any atom is -0.464 e. The molecule has 0 radical (unpaired) electrons. The van der Waals surface area contributed by atoms with Crippen molar-refractivity contribution in [2.24, 2.45) is 17.8 Å². The van der Waals surface area contributed by atoms with Gasteiger partial charge >= 0.3 is 0 Å². The summed E-state index contributed by atoms with van der Waals surface area (Å²) in [5.41, 5.74) is 0. The highest BCUT2D eigenvalue weighted by Crippen LogP contribution is 2.49. The normalized spacial score (nSPS) is 43.9. The van der Waals surface area contributed by atoms with Crippen LogP contribution in [0, 0.1) is 29.1 Å². The molecular formula is C9H11NO2. The molecule has 0 aromatic heterocycles. The molecule has 2 aliphatic carbocycles. The Kier molecular flexibility index (Phi) is 1.76. The van der Waals surface area contributed by atoms with Gasteiger partial charge in [0.25, 0.3) is 6.47 Å². The topological polar surface area (TPSA) is 50.1 Å². The van der Waals surface area contributed by atoms with Gasteiger partial charge in [-0.15, -0.1) is 0 Å². The SMILES string of the molecule is N#CC1CC2CC(OC=O)C1C2. The van der Waals surface area contributed by atoms with Crippen molar-refractivity contribution in [1.82, 2.24) is 0 Å². The number of ether oxygens (including phenoxy) is 1. The number of nitrogens with zero attached hydrogens (tertiary/aromatic N) is 1. The lowest BCUT2D eigenvalue weighted by molar-refractivity contribution is -0.136. The van der Waals surface area contributed by atoms with E-state index in [-0.39, 0.29) is 12.0 Å². The summed E-state index contributed by atoms with van der Waals surface area (Å²) in [5, 5.41) is 8.78. The van der Waals surface area contributed by atoms with E-state index in [0.29, 0.717) is 18.3 Å². The molecule has 64 valence electrons. The molecule has 2 rings (SSSR count). The Morgan fingerprint density at radius 2 is 2.25 bits per heavy atom. The first-order valence-electron chi connectivity index (χ1n) is 4.34. The molecule has 0 N–H and O–H groups in total. The third-order valence-corrected chi connectivity index (χ3v) is 3.15. The quantitative estimate of drug-likeness (QED) is 0.575. The van der Waals surface area contributed by atoms with E-state index in [1.165, 1.54) is 0 Å². The summed E-state index contributed by atoms with van der Waals surface area (Å²) in [4.78, 5) is 10.1. The zero-order chi connectivity index (χ0) is 8.55. The Morgan fingerprint density at radius 1 is 1.42 bits per heavy atom. The van der Waals surface area contributed by atoms with Crippen LogP contribution in [-0.2, 0) is 9.53 Å². The highest BCUT2D eigenvalue weighted by atomic mass is 16.5. The van der Waals surface area contributed by atoms with Gasteiger partial charge in [-0.05, 0) is 25.2 Å². The van der Waals surface area contributed by atoms with E-state index < -0.39 is 0 Å². The Labute approximate surface area is 71.3 Å². The van der Waals surface area contributed by atoms with E-state index in [2.05, 4.69) is 6.07 Å². The lowest BCUT2D eigenvalue weighted by Gasteiger charge is -2.23. The summed E-state index contributed by atoms with van der Waals surface area (Å²) in [6, 6.07) is 2.29. The maximum Gasteiger partial charge on any atom is 0.293 e. The highest BCUT2D eigenvalue weighted by molar-refractivity contribution is 5.38. The minimum absolute atomic E-state index is 0.0332. The second-order valence-electron chi connectivity index (χ2n) is 3.74. The average Bonchev–Trinajstić information content (AvgIpc) is 2.62. The molecule has 12 heavy (non-hydrogen) atoms. The minimum atomic E-state index is 0.0332. The van der Waals surface area contributed by atoms with Crippen LogP contribution in [0.2, 0.25) is 0 Å². The predicted molar refractivity (Wildman–Crippen MR) is 40.9 cm³/mol. The molecule has 0 amide bonds. The first kappa shape index (κ1) is 7.60. The van der Waals surface area contributed by atoms with Crippen molar-refractivity contribution < 1.29 is 9.53 Å². The number of fused-ring (bicyclic) bond motifs is 2. The van der Waals surface area contributed by atoms with Crippen molar-refractivity contribution in [3.63, 3.8) is 0 Å². The van der Waals surface area contributed by atoms with Crippen LogP contribution in [0.3, 0.4) is 0 Å². The highest BCUT2D eigenvalue weighted by Gasteiger charge is 2.47. The molecule has 0 spiro atoms. The van der Waals surface area contributed by atoms with Gasteiger partial charge in [-0.25, -0.2) is 0 Å². The van der Waals surface area contributed by atoms with Crippen LogP contribution in [-0.4, -0.2) is 12.6 Å². The van der Waals surface area contributed by atoms with Gasteiger partial charge in [0, 0.05) is 5.92 Å². The van der Waals surface area contributed by atoms with Gasteiger partial charge in [0.1, 0.15) is 6.10 Å². The fraction of sp³-hybridized carbons (Fsp3) is 0.778. The summed E-state index contributed by atoms with van der Waals surface area (Å²) in [6.45, 7) is 0.514. The largest absolute Gasteiger partial charge is 0.464 e. The van der Waals surface area contributed by atoms with Gasteiger partial charge < -0.3 is 4.74 Å².